The zero-order chi connectivity index (χ0) is 48.6. The number of carbonyl (C=O) groups is 3. The number of unbranched alkanes of at least 4 members (excludes halogenated alkanes) is 28. The van der Waals surface area contributed by atoms with Crippen LogP contribution >= 0.6 is 0 Å². The average molecular weight is 936 g/mol. The quantitative estimate of drug-likeness (QED) is 0.0262. The van der Waals surface area contributed by atoms with E-state index in [9.17, 15) is 14.4 Å². The van der Waals surface area contributed by atoms with Gasteiger partial charge in [0.05, 0.1) is 0 Å². The lowest BCUT2D eigenvalue weighted by Crippen LogP contribution is -2.30. The van der Waals surface area contributed by atoms with Gasteiger partial charge in [-0.05, 0) is 89.9 Å². The lowest BCUT2D eigenvalue weighted by Gasteiger charge is -2.18. The van der Waals surface area contributed by atoms with Gasteiger partial charge in [0.1, 0.15) is 13.2 Å². The average Bonchev–Trinajstić information content (AvgIpc) is 3.33. The predicted octanol–water partition coefficient (Wildman–Crippen LogP) is 19.0. The van der Waals surface area contributed by atoms with Gasteiger partial charge in [0.2, 0.25) is 0 Å². The van der Waals surface area contributed by atoms with Crippen LogP contribution in [0.15, 0.2) is 72.9 Å². The van der Waals surface area contributed by atoms with Gasteiger partial charge in [0.15, 0.2) is 6.10 Å². The summed E-state index contributed by atoms with van der Waals surface area (Å²) in [4.78, 5) is 38.1. The van der Waals surface area contributed by atoms with E-state index in [2.05, 4.69) is 93.7 Å². The van der Waals surface area contributed by atoms with Crippen molar-refractivity contribution >= 4 is 17.9 Å². The van der Waals surface area contributed by atoms with E-state index in [-0.39, 0.29) is 31.1 Å². The van der Waals surface area contributed by atoms with Crippen molar-refractivity contribution in [3.8, 4) is 0 Å². The van der Waals surface area contributed by atoms with Crippen LogP contribution in [-0.2, 0) is 28.6 Å². The molecule has 0 unspecified atom stereocenters. The molecule has 1 atom stereocenters. The Bertz CT molecular complexity index is 1260. The molecule has 0 spiro atoms. The number of carbonyl (C=O) groups excluding carboxylic acids is 3. The molecule has 6 nitrogen and oxygen atoms in total. The fourth-order valence-electron chi connectivity index (χ4n) is 7.93. The van der Waals surface area contributed by atoms with Gasteiger partial charge >= 0.3 is 17.9 Å². The van der Waals surface area contributed by atoms with E-state index < -0.39 is 6.10 Å². The van der Waals surface area contributed by atoms with Crippen LogP contribution in [0.25, 0.3) is 0 Å². The molecule has 0 N–H and O–H groups in total. The Morgan fingerprint density at radius 3 is 0.940 bits per heavy atom. The maximum atomic E-state index is 12.8. The summed E-state index contributed by atoms with van der Waals surface area (Å²) in [6, 6.07) is 0. The SMILES string of the molecule is CC/C=C\C/C=C\C/C=C\C/C=C\CCCCCCC(=O)OC[C@H](COC(=O)CCCCCCCCC/C=C\C/C=C\CCCCC)OC(=O)CCCCCCCCCCCCCCCCC. The fraction of sp³-hybridized carbons (Fsp3) is 0.754. The summed E-state index contributed by atoms with van der Waals surface area (Å²) in [5.74, 6) is -0.907. The second kappa shape index (κ2) is 55.4. The minimum absolute atomic E-state index is 0.0856. The van der Waals surface area contributed by atoms with Gasteiger partial charge < -0.3 is 14.2 Å². The molecular formula is C61H106O6. The van der Waals surface area contributed by atoms with Crippen molar-refractivity contribution in [3.63, 3.8) is 0 Å². The third-order valence-corrected chi connectivity index (χ3v) is 12.2. The molecule has 0 aromatic heterocycles. The number of esters is 3. The molecule has 0 aliphatic heterocycles. The van der Waals surface area contributed by atoms with Crippen molar-refractivity contribution in [1.82, 2.24) is 0 Å². The van der Waals surface area contributed by atoms with Gasteiger partial charge in [-0.3, -0.25) is 14.4 Å². The first kappa shape index (κ1) is 63.8. The standard InChI is InChI=1S/C61H106O6/c1-4-7-10-13-16-19-22-25-28-30-33-35-38-41-44-47-50-53-59(62)65-56-58(67-61(64)55-52-49-46-43-40-37-32-27-24-21-18-15-12-9-6-3)57-66-60(63)54-51-48-45-42-39-36-34-31-29-26-23-20-17-14-11-8-5-2/h7,10,16-17,19-20,25-26,28-29,33,35,58H,4-6,8-9,11-15,18,21-24,27,30-32,34,36-57H2,1-3H3/b10-7-,19-16-,20-17-,28-25-,29-26-,35-33-/t58-/m1/s1. The van der Waals surface area contributed by atoms with Crippen LogP contribution in [0.5, 0.6) is 0 Å². The number of ether oxygens (including phenoxy) is 3. The molecule has 0 aromatic rings. The molecule has 0 aliphatic carbocycles. The summed E-state index contributed by atoms with van der Waals surface area (Å²) in [5, 5.41) is 0. The zero-order valence-electron chi connectivity index (χ0n) is 44.2. The smallest absolute Gasteiger partial charge is 0.306 e. The molecule has 0 aliphatic rings. The van der Waals surface area contributed by atoms with Crippen LogP contribution in [-0.4, -0.2) is 37.2 Å². The Balaban J connectivity index is 4.42. The van der Waals surface area contributed by atoms with Crippen molar-refractivity contribution in [3.05, 3.63) is 72.9 Å². The first-order valence-electron chi connectivity index (χ1n) is 28.4. The Morgan fingerprint density at radius 2 is 0.582 bits per heavy atom. The van der Waals surface area contributed by atoms with E-state index in [0.717, 1.165) is 109 Å². The van der Waals surface area contributed by atoms with Crippen molar-refractivity contribution in [2.75, 3.05) is 13.2 Å². The summed E-state index contributed by atoms with van der Waals surface area (Å²) < 4.78 is 16.9. The van der Waals surface area contributed by atoms with E-state index in [1.54, 1.807) is 0 Å². The molecule has 0 saturated heterocycles. The van der Waals surface area contributed by atoms with Gasteiger partial charge in [-0.25, -0.2) is 0 Å². The molecule has 6 heteroatoms. The highest BCUT2D eigenvalue weighted by Crippen LogP contribution is 2.16. The third kappa shape index (κ3) is 53.7. The Labute approximate surface area is 414 Å². The lowest BCUT2D eigenvalue weighted by atomic mass is 10.0. The minimum Gasteiger partial charge on any atom is -0.462 e. The first-order chi connectivity index (χ1) is 33.0. The Hall–Kier alpha value is -3.15. The highest BCUT2D eigenvalue weighted by Gasteiger charge is 2.19. The fourth-order valence-corrected chi connectivity index (χ4v) is 7.93. The monoisotopic (exact) mass is 935 g/mol. The van der Waals surface area contributed by atoms with Crippen LogP contribution in [0, 0.1) is 0 Å². The third-order valence-electron chi connectivity index (χ3n) is 12.2. The first-order valence-corrected chi connectivity index (χ1v) is 28.4. The van der Waals surface area contributed by atoms with Gasteiger partial charge in [-0.15, -0.1) is 0 Å². The molecule has 0 radical (unpaired) electrons. The van der Waals surface area contributed by atoms with Crippen molar-refractivity contribution in [2.24, 2.45) is 0 Å². The molecule has 0 bridgehead atoms. The number of allylic oxidation sites excluding steroid dienone is 12. The van der Waals surface area contributed by atoms with E-state index >= 15 is 0 Å². The number of rotatable bonds is 51. The van der Waals surface area contributed by atoms with Gasteiger partial charge in [0.25, 0.3) is 0 Å². The van der Waals surface area contributed by atoms with Crippen LogP contribution in [0.3, 0.4) is 0 Å². The second-order valence-corrected chi connectivity index (χ2v) is 18.8. The van der Waals surface area contributed by atoms with E-state index in [0.29, 0.717) is 19.3 Å². The van der Waals surface area contributed by atoms with Crippen LogP contribution in [0.2, 0.25) is 0 Å². The minimum atomic E-state index is -0.787. The van der Waals surface area contributed by atoms with Crippen LogP contribution in [0.1, 0.15) is 278 Å². The summed E-state index contributed by atoms with van der Waals surface area (Å²) in [7, 11) is 0. The Morgan fingerprint density at radius 1 is 0.313 bits per heavy atom. The van der Waals surface area contributed by atoms with E-state index in [1.165, 1.54) is 128 Å². The second-order valence-electron chi connectivity index (χ2n) is 18.8. The molecule has 0 amide bonds. The van der Waals surface area contributed by atoms with Crippen LogP contribution < -0.4 is 0 Å². The molecule has 0 aromatic carbocycles. The molecule has 0 heterocycles. The van der Waals surface area contributed by atoms with E-state index in [1.807, 2.05) is 0 Å². The highest BCUT2D eigenvalue weighted by atomic mass is 16.6. The molecule has 0 saturated carbocycles. The van der Waals surface area contributed by atoms with Crippen molar-refractivity contribution in [2.45, 2.75) is 284 Å². The van der Waals surface area contributed by atoms with Gasteiger partial charge in [-0.1, -0.05) is 241 Å². The van der Waals surface area contributed by atoms with Crippen molar-refractivity contribution < 1.29 is 28.6 Å². The van der Waals surface area contributed by atoms with Gasteiger partial charge in [0, 0.05) is 19.3 Å². The van der Waals surface area contributed by atoms with E-state index in [4.69, 9.17) is 14.2 Å². The molecule has 0 fully saturated rings. The summed E-state index contributed by atoms with van der Waals surface area (Å²) >= 11 is 0. The summed E-state index contributed by atoms with van der Waals surface area (Å²) in [6.45, 7) is 6.50. The number of hydrogen-bond donors (Lipinski definition) is 0. The normalized spacial score (nSPS) is 12.6. The lowest BCUT2D eigenvalue weighted by molar-refractivity contribution is -0.167. The maximum Gasteiger partial charge on any atom is 0.306 e. The largest absolute Gasteiger partial charge is 0.462 e. The zero-order valence-corrected chi connectivity index (χ0v) is 44.2. The molecule has 67 heavy (non-hydrogen) atoms. The molecule has 0 rings (SSSR count). The Kier molecular flexibility index (Phi) is 52.8. The van der Waals surface area contributed by atoms with Gasteiger partial charge in [-0.2, -0.15) is 0 Å². The molecule has 386 valence electrons. The highest BCUT2D eigenvalue weighted by molar-refractivity contribution is 5.71. The van der Waals surface area contributed by atoms with Crippen molar-refractivity contribution in [1.29, 1.82) is 0 Å². The number of hydrogen-bond acceptors (Lipinski definition) is 6. The van der Waals surface area contributed by atoms with Crippen LogP contribution in [0.4, 0.5) is 0 Å². The summed E-state index contributed by atoms with van der Waals surface area (Å²) in [5.41, 5.74) is 0. The molecular weight excluding hydrogens is 829 g/mol. The predicted molar refractivity (Wildman–Crippen MR) is 288 cm³/mol. The summed E-state index contributed by atoms with van der Waals surface area (Å²) in [6.07, 6.45) is 70.3. The maximum absolute atomic E-state index is 12.8. The topological polar surface area (TPSA) is 78.9 Å².